The predicted octanol–water partition coefficient (Wildman–Crippen LogP) is 19.4. The Bertz CT molecular complexity index is 3750. The van der Waals surface area contributed by atoms with Gasteiger partial charge >= 0.3 is 0 Å². The number of nitrogens with zero attached hydrogens (tertiary/aromatic N) is 4. The van der Waals surface area contributed by atoms with Crippen LogP contribution in [0.25, 0.3) is 49.9 Å². The van der Waals surface area contributed by atoms with Crippen LogP contribution < -0.4 is 14.5 Å². The number of pyridine rings is 1. The molecule has 0 atom stereocenters. The Balaban J connectivity index is 0.00000672. The zero-order valence-electron chi connectivity index (χ0n) is 48.4. The van der Waals surface area contributed by atoms with E-state index in [0.717, 1.165) is 39.6 Å². The second-order valence-corrected chi connectivity index (χ2v) is 27.2. The number of hydrogen-bond donors (Lipinski definition) is 0. The quantitative estimate of drug-likeness (QED) is 0.149. The molecule has 3 heterocycles. The number of hydrogen-bond acceptors (Lipinski definition) is 4. The summed E-state index contributed by atoms with van der Waals surface area (Å²) in [6.45, 7) is 41.5. The average Bonchev–Trinajstić information content (AvgIpc) is 4.20. The molecule has 2 aromatic heterocycles. The number of ether oxygens (including phenoxy) is 1. The normalized spacial score (nSPS) is 14.5. The maximum absolute atomic E-state index is 6.99. The van der Waals surface area contributed by atoms with Gasteiger partial charge in [0.15, 0.2) is 0 Å². The molecule has 0 radical (unpaired) electrons. The van der Waals surface area contributed by atoms with Gasteiger partial charge in [0, 0.05) is 72.5 Å². The van der Waals surface area contributed by atoms with E-state index in [2.05, 4.69) is 278 Å². The van der Waals surface area contributed by atoms with Crippen LogP contribution in [0.2, 0.25) is 0 Å². The van der Waals surface area contributed by atoms with Crippen LogP contribution in [0.5, 0.6) is 11.5 Å². The molecule has 0 amide bonds. The summed E-state index contributed by atoms with van der Waals surface area (Å²) in [7, 11) is 0. The van der Waals surface area contributed by atoms with Crippen molar-refractivity contribution in [1.29, 1.82) is 0 Å². The van der Waals surface area contributed by atoms with Gasteiger partial charge in [-0.2, -0.15) is 6.07 Å². The first-order valence-corrected chi connectivity index (χ1v) is 27.3. The van der Waals surface area contributed by atoms with Crippen LogP contribution in [0.15, 0.2) is 140 Å². The van der Waals surface area contributed by atoms with Gasteiger partial charge in [-0.15, -0.1) is 48.3 Å². The number of rotatable bonds is 7. The maximum atomic E-state index is 6.99. The van der Waals surface area contributed by atoms with E-state index in [9.17, 15) is 0 Å². The van der Waals surface area contributed by atoms with Gasteiger partial charge in [-0.05, 0) is 125 Å². The fraction of sp³-hybridized carbons (Fsp3) is 0.324. The number of fused-ring (bicyclic) bond motifs is 1. The zero-order valence-corrected chi connectivity index (χ0v) is 50.6. The summed E-state index contributed by atoms with van der Waals surface area (Å²) in [5.41, 5.74) is 19.4. The Morgan fingerprint density at radius 1 is 0.481 bits per heavy atom. The molecule has 0 saturated heterocycles. The van der Waals surface area contributed by atoms with E-state index in [1.165, 1.54) is 72.0 Å². The van der Waals surface area contributed by atoms with Crippen LogP contribution in [0.3, 0.4) is 0 Å². The summed E-state index contributed by atoms with van der Waals surface area (Å²) in [6, 6.07) is 57.2. The van der Waals surface area contributed by atoms with Gasteiger partial charge < -0.3 is 19.1 Å². The molecule has 1 aliphatic carbocycles. The summed E-state index contributed by atoms with van der Waals surface area (Å²) in [5, 5.41) is 2.48. The van der Waals surface area contributed by atoms with E-state index in [0.29, 0.717) is 11.5 Å². The number of aromatic nitrogens is 2. The smallest absolute Gasteiger partial charge is 0.135 e. The van der Waals surface area contributed by atoms with Crippen molar-refractivity contribution in [2.45, 2.75) is 150 Å². The largest absolute Gasteiger partial charge is 0.509 e. The molecule has 7 aromatic carbocycles. The van der Waals surface area contributed by atoms with Gasteiger partial charge in [0.05, 0.1) is 0 Å². The third-order valence-corrected chi connectivity index (χ3v) is 16.1. The van der Waals surface area contributed by atoms with Crippen molar-refractivity contribution in [1.82, 2.24) is 9.55 Å². The molecule has 11 rings (SSSR count). The monoisotopic (exact) mass is 1190 g/mol. The third-order valence-electron chi connectivity index (χ3n) is 16.1. The van der Waals surface area contributed by atoms with Crippen molar-refractivity contribution in [3.05, 3.63) is 197 Å². The van der Waals surface area contributed by atoms with Gasteiger partial charge in [0.2, 0.25) is 0 Å². The molecule has 1 aliphatic heterocycles. The topological polar surface area (TPSA) is 33.5 Å². The summed E-state index contributed by atoms with van der Waals surface area (Å²) < 4.78 is 9.27. The third kappa shape index (κ3) is 9.53. The molecule has 0 N–H and O–H groups in total. The molecule has 5 nitrogen and oxygen atoms in total. The molecule has 0 spiro atoms. The van der Waals surface area contributed by atoms with E-state index >= 15 is 0 Å². The van der Waals surface area contributed by atoms with Gasteiger partial charge in [0.25, 0.3) is 0 Å². The van der Waals surface area contributed by atoms with E-state index in [1.54, 1.807) is 0 Å². The van der Waals surface area contributed by atoms with Crippen LogP contribution in [0.4, 0.5) is 22.7 Å². The first-order chi connectivity index (χ1) is 35.6. The number of para-hydroxylation sites is 2. The molecular formula is C71H75N4OPt-3. The maximum Gasteiger partial charge on any atom is 0.135 e. The summed E-state index contributed by atoms with van der Waals surface area (Å²) in [4.78, 5) is 9.68. The van der Waals surface area contributed by atoms with Gasteiger partial charge in [-0.1, -0.05) is 195 Å². The van der Waals surface area contributed by atoms with Gasteiger partial charge in [-0.25, -0.2) is 4.98 Å². The Morgan fingerprint density at radius 2 is 1.04 bits per heavy atom. The fourth-order valence-corrected chi connectivity index (χ4v) is 11.3. The van der Waals surface area contributed by atoms with Crippen molar-refractivity contribution in [2.75, 3.05) is 9.80 Å². The second kappa shape index (κ2) is 18.6. The molecular weight excluding hydrogens is 1120 g/mol. The Kier molecular flexibility index (Phi) is 13.0. The number of anilines is 4. The first kappa shape index (κ1) is 54.0. The van der Waals surface area contributed by atoms with Crippen molar-refractivity contribution in [3.8, 4) is 39.6 Å². The minimum atomic E-state index is -0.238. The Hall–Kier alpha value is -6.42. The molecule has 0 unspecified atom stereocenters. The van der Waals surface area contributed by atoms with E-state index in [4.69, 9.17) is 9.72 Å². The number of benzene rings is 7. The standard InChI is InChI=1S/C71H75N4O.Pt/c1-66(2,3)46-24-20-23-44(33-46)54-37-50(70(13,14)15)38-55(45-34-48(68(7,8)9)36-49(35-45)69(10,11)12)65(54)74-43-73(58-28-18-19-29-59(58)74)51-25-21-26-52(40-51)76-53-41-57-64-61(42-53)75(62-39-47(31-32-72-62)67(4,5)6)60-30-22-27-56(63(60)64)71(57,16)17;/h18-39,41,43H,1-17H3;/q-3;. The van der Waals surface area contributed by atoms with Gasteiger partial charge in [0.1, 0.15) is 5.82 Å². The summed E-state index contributed by atoms with van der Waals surface area (Å²) in [5.74, 6) is 2.13. The molecule has 2 aliphatic rings. The van der Waals surface area contributed by atoms with Crippen molar-refractivity contribution >= 4 is 44.6 Å². The van der Waals surface area contributed by atoms with Crippen molar-refractivity contribution < 1.29 is 25.8 Å². The first-order valence-electron chi connectivity index (χ1n) is 27.3. The molecule has 0 bridgehead atoms. The van der Waals surface area contributed by atoms with Crippen molar-refractivity contribution in [3.63, 3.8) is 0 Å². The molecule has 6 heteroatoms. The van der Waals surface area contributed by atoms with Crippen LogP contribution >= 0.6 is 0 Å². The van der Waals surface area contributed by atoms with Crippen LogP contribution in [0.1, 0.15) is 157 Å². The molecule has 398 valence electrons. The van der Waals surface area contributed by atoms with E-state index in [-0.39, 0.29) is 53.6 Å². The summed E-state index contributed by atoms with van der Waals surface area (Å²) >= 11 is 0. The fourth-order valence-electron chi connectivity index (χ4n) is 11.3. The summed E-state index contributed by atoms with van der Waals surface area (Å²) in [6.07, 6.45) is 1.93. The molecule has 9 aromatic rings. The van der Waals surface area contributed by atoms with Crippen LogP contribution in [-0.2, 0) is 53.6 Å². The van der Waals surface area contributed by atoms with E-state index < -0.39 is 0 Å². The zero-order chi connectivity index (χ0) is 54.2. The molecule has 0 saturated carbocycles. The van der Waals surface area contributed by atoms with E-state index in [1.807, 2.05) is 12.3 Å². The van der Waals surface area contributed by atoms with Gasteiger partial charge in [-0.3, -0.25) is 0 Å². The van der Waals surface area contributed by atoms with Crippen LogP contribution in [-0.4, -0.2) is 9.55 Å². The second-order valence-electron chi connectivity index (χ2n) is 27.2. The molecule has 0 fully saturated rings. The molecule has 77 heavy (non-hydrogen) atoms. The van der Waals surface area contributed by atoms with Crippen LogP contribution in [0, 0.1) is 18.8 Å². The Morgan fingerprint density at radius 3 is 1.68 bits per heavy atom. The average molecular weight is 1200 g/mol. The minimum absolute atomic E-state index is 0. The van der Waals surface area contributed by atoms with Crippen molar-refractivity contribution in [2.24, 2.45) is 0 Å². The predicted molar refractivity (Wildman–Crippen MR) is 321 cm³/mol. The Labute approximate surface area is 474 Å². The minimum Gasteiger partial charge on any atom is -0.509 e. The SMILES string of the molecule is CC(C)(C)c1cccc(-c2cc(C(C)(C)C)cc(-c3cc(C(C)(C)C)cc(C(C)(C)C)c3)c2N2[CH-]N(c3[c-]c(Oc4[c-]c5c6c(c4)C(C)(C)c4cccc(c46)n5-c4cc(C(C)(C)C)ccn4)ccc3)c3ccccc32)c1.[Pt].